The van der Waals surface area contributed by atoms with Crippen molar-refractivity contribution in [3.63, 3.8) is 0 Å². The third kappa shape index (κ3) is 3.51. The van der Waals surface area contributed by atoms with Crippen molar-refractivity contribution >= 4 is 23.3 Å². The van der Waals surface area contributed by atoms with Crippen LogP contribution in [-0.2, 0) is 6.54 Å². The van der Waals surface area contributed by atoms with Gasteiger partial charge in [0.05, 0.1) is 10.7 Å². The minimum absolute atomic E-state index is 0.234. The molecule has 0 bridgehead atoms. The van der Waals surface area contributed by atoms with Crippen LogP contribution in [0.3, 0.4) is 0 Å². The molecule has 0 aliphatic carbocycles. The molecule has 23 heavy (non-hydrogen) atoms. The lowest BCUT2D eigenvalue weighted by atomic mass is 10.1. The SMILES string of the molecule is Cc1cc(C)c(NC(=O)NCc2ccc3c(c2)OCO3)c(Cl)c1. The maximum Gasteiger partial charge on any atom is 0.319 e. The number of halogens is 1. The van der Waals surface area contributed by atoms with Crippen LogP contribution in [-0.4, -0.2) is 12.8 Å². The van der Waals surface area contributed by atoms with Crippen molar-refractivity contribution < 1.29 is 14.3 Å². The average Bonchev–Trinajstić information content (AvgIpc) is 2.96. The second-order valence-electron chi connectivity index (χ2n) is 5.43. The van der Waals surface area contributed by atoms with E-state index < -0.39 is 0 Å². The second kappa shape index (κ2) is 6.38. The molecule has 0 aromatic heterocycles. The molecule has 0 spiro atoms. The minimum Gasteiger partial charge on any atom is -0.454 e. The van der Waals surface area contributed by atoms with Gasteiger partial charge in [0.25, 0.3) is 0 Å². The number of amides is 2. The number of ether oxygens (including phenoxy) is 2. The Morgan fingerprint density at radius 3 is 2.74 bits per heavy atom. The van der Waals surface area contributed by atoms with Crippen molar-refractivity contribution in [3.8, 4) is 11.5 Å². The number of hydrogen-bond donors (Lipinski definition) is 2. The van der Waals surface area contributed by atoms with Crippen molar-refractivity contribution in [1.29, 1.82) is 0 Å². The first-order valence-corrected chi connectivity index (χ1v) is 7.61. The van der Waals surface area contributed by atoms with E-state index in [-0.39, 0.29) is 12.8 Å². The normalized spacial score (nSPS) is 12.1. The van der Waals surface area contributed by atoms with Gasteiger partial charge >= 0.3 is 6.03 Å². The molecule has 0 unspecified atom stereocenters. The zero-order valence-corrected chi connectivity index (χ0v) is 13.7. The van der Waals surface area contributed by atoms with Crippen LogP contribution >= 0.6 is 11.6 Å². The molecule has 2 aromatic carbocycles. The lowest BCUT2D eigenvalue weighted by Gasteiger charge is -2.12. The van der Waals surface area contributed by atoms with Crippen molar-refractivity contribution in [1.82, 2.24) is 5.32 Å². The topological polar surface area (TPSA) is 59.6 Å². The van der Waals surface area contributed by atoms with Crippen LogP contribution in [0.25, 0.3) is 0 Å². The number of rotatable bonds is 3. The Bertz CT molecular complexity index is 738. The highest BCUT2D eigenvalue weighted by Crippen LogP contribution is 2.32. The fourth-order valence-electron chi connectivity index (χ4n) is 2.47. The molecule has 2 aromatic rings. The molecular formula is C17H17ClN2O3. The molecule has 0 atom stereocenters. The van der Waals surface area contributed by atoms with E-state index >= 15 is 0 Å². The summed E-state index contributed by atoms with van der Waals surface area (Å²) in [4.78, 5) is 12.1. The van der Waals surface area contributed by atoms with E-state index in [1.54, 1.807) is 0 Å². The maximum absolute atomic E-state index is 12.1. The number of hydrogen-bond acceptors (Lipinski definition) is 3. The molecule has 3 rings (SSSR count). The largest absolute Gasteiger partial charge is 0.454 e. The summed E-state index contributed by atoms with van der Waals surface area (Å²) in [5.74, 6) is 1.42. The van der Waals surface area contributed by atoms with Crippen molar-refractivity contribution in [3.05, 3.63) is 52.0 Å². The summed E-state index contributed by atoms with van der Waals surface area (Å²) < 4.78 is 10.6. The molecule has 2 amide bonds. The highest BCUT2D eigenvalue weighted by molar-refractivity contribution is 6.34. The van der Waals surface area contributed by atoms with Crippen LogP contribution in [0.1, 0.15) is 16.7 Å². The predicted molar refractivity (Wildman–Crippen MR) is 89.3 cm³/mol. The van der Waals surface area contributed by atoms with E-state index in [2.05, 4.69) is 10.6 Å². The summed E-state index contributed by atoms with van der Waals surface area (Å²) in [5.41, 5.74) is 3.53. The van der Waals surface area contributed by atoms with Crippen LogP contribution in [0.4, 0.5) is 10.5 Å². The first-order chi connectivity index (χ1) is 11.0. The number of urea groups is 1. The monoisotopic (exact) mass is 332 g/mol. The Morgan fingerprint density at radius 1 is 1.17 bits per heavy atom. The summed E-state index contributed by atoms with van der Waals surface area (Å²) in [5, 5.41) is 6.12. The molecule has 0 saturated carbocycles. The van der Waals surface area contributed by atoms with Gasteiger partial charge in [-0.15, -0.1) is 0 Å². The van der Waals surface area contributed by atoms with Crippen molar-refractivity contribution in [2.75, 3.05) is 12.1 Å². The van der Waals surface area contributed by atoms with Crippen LogP contribution in [0.5, 0.6) is 11.5 Å². The Morgan fingerprint density at radius 2 is 1.96 bits per heavy atom. The van der Waals surface area contributed by atoms with Crippen LogP contribution < -0.4 is 20.1 Å². The highest BCUT2D eigenvalue weighted by Gasteiger charge is 2.14. The fourth-order valence-corrected chi connectivity index (χ4v) is 2.83. The number of benzene rings is 2. The number of anilines is 1. The number of aryl methyl sites for hydroxylation is 2. The van der Waals surface area contributed by atoms with Gasteiger partial charge in [-0.2, -0.15) is 0 Å². The molecule has 1 aliphatic heterocycles. The van der Waals surface area contributed by atoms with E-state index in [0.29, 0.717) is 23.0 Å². The zero-order valence-electron chi connectivity index (χ0n) is 12.9. The van der Waals surface area contributed by atoms with Crippen LogP contribution in [0.15, 0.2) is 30.3 Å². The quantitative estimate of drug-likeness (QED) is 0.893. The van der Waals surface area contributed by atoms with Gasteiger partial charge in [0.1, 0.15) is 0 Å². The Hall–Kier alpha value is -2.40. The molecular weight excluding hydrogens is 316 g/mol. The standard InChI is InChI=1S/C17H17ClN2O3/c1-10-5-11(2)16(13(18)6-10)20-17(21)19-8-12-3-4-14-15(7-12)23-9-22-14/h3-7H,8-9H2,1-2H3,(H2,19,20,21). The van der Waals surface area contributed by atoms with Gasteiger partial charge < -0.3 is 20.1 Å². The number of carbonyl (C=O) groups excluding carboxylic acids is 1. The summed E-state index contributed by atoms with van der Waals surface area (Å²) in [6, 6.07) is 9.06. The summed E-state index contributed by atoms with van der Waals surface area (Å²) in [6.07, 6.45) is 0. The van der Waals surface area contributed by atoms with Gasteiger partial charge in [0.2, 0.25) is 6.79 Å². The number of nitrogens with one attached hydrogen (secondary N) is 2. The van der Waals surface area contributed by atoms with Gasteiger partial charge in [-0.1, -0.05) is 23.7 Å². The van der Waals surface area contributed by atoms with Gasteiger partial charge in [0, 0.05) is 6.54 Å². The van der Waals surface area contributed by atoms with E-state index in [9.17, 15) is 4.79 Å². The third-order valence-electron chi connectivity index (χ3n) is 3.56. The second-order valence-corrected chi connectivity index (χ2v) is 5.84. The van der Waals surface area contributed by atoms with Gasteiger partial charge in [-0.25, -0.2) is 4.79 Å². The summed E-state index contributed by atoms with van der Waals surface area (Å²) in [6.45, 7) is 4.48. The van der Waals surface area contributed by atoms with Crippen LogP contribution in [0.2, 0.25) is 5.02 Å². The molecule has 0 radical (unpaired) electrons. The molecule has 6 heteroatoms. The van der Waals surface area contributed by atoms with E-state index in [1.165, 1.54) is 0 Å². The van der Waals surface area contributed by atoms with Crippen molar-refractivity contribution in [2.45, 2.75) is 20.4 Å². The fraction of sp³-hybridized carbons (Fsp3) is 0.235. The molecule has 5 nitrogen and oxygen atoms in total. The summed E-state index contributed by atoms with van der Waals surface area (Å²) in [7, 11) is 0. The van der Waals surface area contributed by atoms with E-state index in [1.807, 2.05) is 44.2 Å². The van der Waals surface area contributed by atoms with Crippen molar-refractivity contribution in [2.24, 2.45) is 0 Å². The first kappa shape index (κ1) is 15.5. The van der Waals surface area contributed by atoms with E-state index in [0.717, 1.165) is 22.4 Å². The van der Waals surface area contributed by atoms with Gasteiger partial charge in [-0.3, -0.25) is 0 Å². The zero-order chi connectivity index (χ0) is 16.4. The average molecular weight is 333 g/mol. The molecule has 1 heterocycles. The Balaban J connectivity index is 1.62. The number of carbonyl (C=O) groups is 1. The number of fused-ring (bicyclic) bond motifs is 1. The molecule has 0 saturated heterocycles. The smallest absolute Gasteiger partial charge is 0.319 e. The van der Waals surface area contributed by atoms with Gasteiger partial charge in [0.15, 0.2) is 11.5 Å². The predicted octanol–water partition coefficient (Wildman–Crippen LogP) is 4.01. The van der Waals surface area contributed by atoms with Crippen LogP contribution in [0, 0.1) is 13.8 Å². The first-order valence-electron chi connectivity index (χ1n) is 7.23. The molecule has 120 valence electrons. The third-order valence-corrected chi connectivity index (χ3v) is 3.86. The van der Waals surface area contributed by atoms with Gasteiger partial charge in [-0.05, 0) is 48.7 Å². The lowest BCUT2D eigenvalue weighted by molar-refractivity contribution is 0.174. The molecule has 2 N–H and O–H groups in total. The maximum atomic E-state index is 12.1. The highest BCUT2D eigenvalue weighted by atomic mass is 35.5. The molecule has 1 aliphatic rings. The summed E-state index contributed by atoms with van der Waals surface area (Å²) >= 11 is 6.19. The Labute approximate surface area is 139 Å². The lowest BCUT2D eigenvalue weighted by Crippen LogP contribution is -2.28. The van der Waals surface area contributed by atoms with E-state index in [4.69, 9.17) is 21.1 Å². The Kier molecular flexibility index (Phi) is 4.30. The minimum atomic E-state index is -0.309. The molecule has 0 fully saturated rings.